The summed E-state index contributed by atoms with van der Waals surface area (Å²) in [5.41, 5.74) is 0.433. The predicted molar refractivity (Wildman–Crippen MR) is 85.3 cm³/mol. The van der Waals surface area contributed by atoms with E-state index < -0.39 is 11.9 Å². The van der Waals surface area contributed by atoms with Crippen molar-refractivity contribution in [3.63, 3.8) is 0 Å². The van der Waals surface area contributed by atoms with E-state index in [1.807, 2.05) is 13.0 Å². The van der Waals surface area contributed by atoms with Crippen molar-refractivity contribution in [2.75, 3.05) is 13.7 Å². The Morgan fingerprint density at radius 2 is 1.95 bits per heavy atom. The van der Waals surface area contributed by atoms with Gasteiger partial charge in [0.05, 0.1) is 6.04 Å². The quantitative estimate of drug-likeness (QED) is 0.448. The molecule has 124 valence electrons. The van der Waals surface area contributed by atoms with Crippen LogP contribution in [0, 0.1) is 11.8 Å². The normalized spacial score (nSPS) is 24.7. The fourth-order valence-corrected chi connectivity index (χ4v) is 2.80. The Morgan fingerprint density at radius 3 is 2.41 bits per heavy atom. The minimum Gasteiger partial charge on any atom is -0.507 e. The van der Waals surface area contributed by atoms with Crippen LogP contribution in [-0.2, 0) is 9.59 Å². The van der Waals surface area contributed by atoms with E-state index in [-0.39, 0.29) is 29.6 Å². The van der Waals surface area contributed by atoms with Gasteiger partial charge >= 0.3 is 0 Å². The van der Waals surface area contributed by atoms with E-state index >= 15 is 0 Å². The van der Waals surface area contributed by atoms with Crippen LogP contribution in [0.1, 0.15) is 40.5 Å². The van der Waals surface area contributed by atoms with E-state index in [0.717, 1.165) is 12.8 Å². The largest absolute Gasteiger partial charge is 0.507 e. The Hall–Kier alpha value is -1.62. The molecule has 1 aliphatic heterocycles. The van der Waals surface area contributed by atoms with E-state index in [4.69, 9.17) is 5.11 Å². The summed E-state index contributed by atoms with van der Waals surface area (Å²) in [4.78, 5) is 25.5. The topological polar surface area (TPSA) is 77.8 Å². The summed E-state index contributed by atoms with van der Waals surface area (Å²) in [7, 11) is 1.56. The lowest BCUT2D eigenvalue weighted by Crippen LogP contribution is -2.28. The van der Waals surface area contributed by atoms with Gasteiger partial charge in [0.2, 0.25) is 0 Å². The highest BCUT2D eigenvalue weighted by Gasteiger charge is 2.40. The molecular formula is C17H27NO4. The van der Waals surface area contributed by atoms with E-state index in [1.165, 1.54) is 4.90 Å². The molecule has 0 aromatic rings. The molecule has 1 rings (SSSR count). The van der Waals surface area contributed by atoms with Crippen LogP contribution in [0.25, 0.3) is 0 Å². The van der Waals surface area contributed by atoms with Crippen LogP contribution < -0.4 is 0 Å². The molecule has 1 amide bonds. The van der Waals surface area contributed by atoms with Gasteiger partial charge in [-0.2, -0.15) is 0 Å². The van der Waals surface area contributed by atoms with E-state index in [1.54, 1.807) is 20.9 Å². The minimum atomic E-state index is -0.528. The Kier molecular flexibility index (Phi) is 6.35. The van der Waals surface area contributed by atoms with Crippen LogP contribution in [-0.4, -0.2) is 46.5 Å². The van der Waals surface area contributed by atoms with E-state index in [2.05, 4.69) is 6.92 Å². The molecule has 3 unspecified atom stereocenters. The number of hydrogen-bond acceptors (Lipinski definition) is 4. The number of aliphatic hydroxyl groups excluding tert-OH is 2. The summed E-state index contributed by atoms with van der Waals surface area (Å²) >= 11 is 0. The third-order valence-corrected chi connectivity index (χ3v) is 4.28. The fourth-order valence-electron chi connectivity index (χ4n) is 2.80. The summed E-state index contributed by atoms with van der Waals surface area (Å²) in [5.74, 6) is -0.415. The molecule has 0 radical (unpaired) electrons. The third-order valence-electron chi connectivity index (χ3n) is 4.28. The Morgan fingerprint density at radius 1 is 1.36 bits per heavy atom. The highest BCUT2D eigenvalue weighted by Crippen LogP contribution is 2.26. The molecular weight excluding hydrogens is 282 g/mol. The van der Waals surface area contributed by atoms with Gasteiger partial charge in [-0.15, -0.1) is 0 Å². The fraction of sp³-hybridized carbons (Fsp3) is 0.647. The van der Waals surface area contributed by atoms with Crippen molar-refractivity contribution in [2.45, 2.75) is 46.6 Å². The molecule has 5 nitrogen and oxygen atoms in total. The van der Waals surface area contributed by atoms with Crippen molar-refractivity contribution in [3.05, 3.63) is 23.0 Å². The molecule has 0 aliphatic carbocycles. The number of ketones is 1. The summed E-state index contributed by atoms with van der Waals surface area (Å²) in [6.07, 6.45) is 3.49. The standard InChI is InChI=1S/C17H27NO4/c1-10(6-7-19)8-11(2)9-12(3)15(20)14-16(21)13(4)18(5)17(14)22/h9-11,13,19-20H,6-8H2,1-5H3/b12-9+,15-14+. The van der Waals surface area contributed by atoms with Gasteiger partial charge in [0.1, 0.15) is 11.3 Å². The SMILES string of the molecule is CC(=C\C(C)CC(C)CCO)/C(O)=C1/C(=O)C(C)N(C)C1=O. The molecule has 22 heavy (non-hydrogen) atoms. The lowest BCUT2D eigenvalue weighted by atomic mass is 9.92. The average Bonchev–Trinajstić information content (AvgIpc) is 2.62. The number of nitrogens with zero attached hydrogens (tertiary/aromatic N) is 1. The first-order valence-corrected chi connectivity index (χ1v) is 7.74. The maximum absolute atomic E-state index is 12.1. The van der Waals surface area contributed by atoms with Crippen molar-refractivity contribution in [3.8, 4) is 0 Å². The van der Waals surface area contributed by atoms with Crippen molar-refractivity contribution in [1.29, 1.82) is 0 Å². The van der Waals surface area contributed by atoms with Gasteiger partial charge in [-0.3, -0.25) is 9.59 Å². The summed E-state index contributed by atoms with van der Waals surface area (Å²) in [6, 6.07) is -0.528. The van der Waals surface area contributed by atoms with Gasteiger partial charge in [-0.25, -0.2) is 0 Å². The van der Waals surface area contributed by atoms with E-state index in [9.17, 15) is 14.7 Å². The van der Waals surface area contributed by atoms with Crippen molar-refractivity contribution >= 4 is 11.7 Å². The number of amides is 1. The Labute approximate surface area is 132 Å². The summed E-state index contributed by atoms with van der Waals surface area (Å²) < 4.78 is 0. The molecule has 1 saturated heterocycles. The number of carbonyl (C=O) groups is 2. The van der Waals surface area contributed by atoms with Crippen molar-refractivity contribution in [2.24, 2.45) is 11.8 Å². The molecule has 0 bridgehead atoms. The van der Waals surface area contributed by atoms with Crippen LogP contribution in [0.15, 0.2) is 23.0 Å². The van der Waals surface area contributed by atoms with Gasteiger partial charge < -0.3 is 15.1 Å². The predicted octanol–water partition coefficient (Wildman–Crippen LogP) is 2.22. The molecule has 1 aliphatic rings. The number of allylic oxidation sites excluding steroid dienone is 2. The zero-order valence-corrected chi connectivity index (χ0v) is 14.1. The number of aliphatic hydroxyl groups is 2. The lowest BCUT2D eigenvalue weighted by Gasteiger charge is -2.14. The van der Waals surface area contributed by atoms with E-state index in [0.29, 0.717) is 11.5 Å². The van der Waals surface area contributed by atoms with Gasteiger partial charge in [-0.05, 0) is 44.1 Å². The zero-order valence-electron chi connectivity index (χ0n) is 14.1. The van der Waals surface area contributed by atoms with Crippen LogP contribution in [0.2, 0.25) is 0 Å². The maximum Gasteiger partial charge on any atom is 0.261 e. The maximum atomic E-state index is 12.1. The molecule has 1 heterocycles. The van der Waals surface area contributed by atoms with Crippen molar-refractivity contribution in [1.82, 2.24) is 4.90 Å². The van der Waals surface area contributed by atoms with Crippen LogP contribution in [0.4, 0.5) is 0 Å². The number of carbonyl (C=O) groups excluding carboxylic acids is 2. The zero-order chi connectivity index (χ0) is 17.0. The Balaban J connectivity index is 2.94. The highest BCUT2D eigenvalue weighted by atomic mass is 16.3. The molecule has 5 heteroatoms. The number of likely N-dealkylation sites (tertiary alicyclic amines) is 1. The molecule has 0 saturated carbocycles. The second kappa shape index (κ2) is 7.58. The van der Waals surface area contributed by atoms with Crippen LogP contribution >= 0.6 is 0 Å². The summed E-state index contributed by atoms with van der Waals surface area (Å²) in [5, 5.41) is 19.2. The minimum absolute atomic E-state index is 0.112. The summed E-state index contributed by atoms with van der Waals surface area (Å²) in [6.45, 7) is 7.61. The van der Waals surface area contributed by atoms with Crippen LogP contribution in [0.5, 0.6) is 0 Å². The second-order valence-corrected chi connectivity index (χ2v) is 6.36. The molecule has 3 atom stereocenters. The average molecular weight is 309 g/mol. The smallest absolute Gasteiger partial charge is 0.261 e. The first-order valence-electron chi connectivity index (χ1n) is 7.74. The molecule has 0 aromatic heterocycles. The van der Waals surface area contributed by atoms with Gasteiger partial charge in [0.25, 0.3) is 5.91 Å². The lowest BCUT2D eigenvalue weighted by molar-refractivity contribution is -0.125. The van der Waals surface area contributed by atoms with Gasteiger partial charge in [0, 0.05) is 13.7 Å². The first-order chi connectivity index (χ1) is 10.2. The molecule has 1 fully saturated rings. The third kappa shape index (κ3) is 3.97. The highest BCUT2D eigenvalue weighted by molar-refractivity contribution is 6.26. The van der Waals surface area contributed by atoms with Gasteiger partial charge in [0.15, 0.2) is 5.78 Å². The first kappa shape index (κ1) is 18.4. The van der Waals surface area contributed by atoms with Crippen molar-refractivity contribution < 1.29 is 19.8 Å². The number of Topliss-reactive ketones (excluding diaryl/α,β-unsaturated/α-hetero) is 1. The Bertz CT molecular complexity index is 485. The monoisotopic (exact) mass is 309 g/mol. The van der Waals surface area contributed by atoms with Gasteiger partial charge in [-0.1, -0.05) is 19.9 Å². The second-order valence-electron chi connectivity index (χ2n) is 6.36. The number of rotatable bonds is 6. The van der Waals surface area contributed by atoms with Crippen LogP contribution in [0.3, 0.4) is 0 Å². The molecule has 2 N–H and O–H groups in total. The number of hydrogen-bond donors (Lipinski definition) is 2. The molecule has 0 aromatic carbocycles. The molecule has 0 spiro atoms. The number of likely N-dealkylation sites (N-methyl/N-ethyl adjacent to an activating group) is 1.